The lowest BCUT2D eigenvalue weighted by Crippen LogP contribution is -2.63. The van der Waals surface area contributed by atoms with Gasteiger partial charge in [-0.2, -0.15) is 0 Å². The van der Waals surface area contributed by atoms with Crippen molar-refractivity contribution in [3.8, 4) is 11.1 Å². The van der Waals surface area contributed by atoms with Crippen LogP contribution in [0.25, 0.3) is 32.2 Å². The summed E-state index contributed by atoms with van der Waals surface area (Å²) in [5.74, 6) is -3.47. The van der Waals surface area contributed by atoms with Gasteiger partial charge in [0.1, 0.15) is 17.2 Å². The third-order valence-electron chi connectivity index (χ3n) is 6.91. The van der Waals surface area contributed by atoms with E-state index in [9.17, 15) is 9.18 Å². The second-order valence-electron chi connectivity index (χ2n) is 9.14. The third kappa shape index (κ3) is 3.52. The van der Waals surface area contributed by atoms with E-state index in [4.69, 9.17) is 22.8 Å². The van der Waals surface area contributed by atoms with Crippen LogP contribution in [0.5, 0.6) is 0 Å². The van der Waals surface area contributed by atoms with Crippen LogP contribution in [0.15, 0.2) is 31.0 Å². The Bertz CT molecular complexity index is 1820. The molecule has 12 heteroatoms. The predicted molar refractivity (Wildman–Crippen MR) is 145 cm³/mol. The van der Waals surface area contributed by atoms with Gasteiger partial charge < -0.3 is 20.4 Å². The molecule has 1 amide bonds. The number of pyridine rings is 1. The number of rotatable bonds is 2. The molecule has 4 aromatic rings. The zero-order chi connectivity index (χ0) is 30.4. The molecule has 196 valence electrons. The minimum absolute atomic E-state index is 0.0549. The molecule has 2 aromatic heterocycles. The van der Waals surface area contributed by atoms with Crippen molar-refractivity contribution in [1.82, 2.24) is 14.9 Å². The van der Waals surface area contributed by atoms with Crippen molar-refractivity contribution >= 4 is 66.5 Å². The molecule has 38 heavy (non-hydrogen) atoms. The van der Waals surface area contributed by atoms with Gasteiger partial charge in [0.15, 0.2) is 10.9 Å². The molecule has 0 saturated carbocycles. The van der Waals surface area contributed by atoms with Gasteiger partial charge in [0.25, 0.3) is 0 Å². The van der Waals surface area contributed by atoms with Crippen molar-refractivity contribution in [2.24, 2.45) is 0 Å². The predicted octanol–water partition coefficient (Wildman–Crippen LogP) is 5.21. The number of hydrogen-bond donors (Lipinski definition) is 1. The molecule has 1 fully saturated rings. The van der Waals surface area contributed by atoms with Crippen molar-refractivity contribution in [3.05, 3.63) is 53.5 Å². The summed E-state index contributed by atoms with van der Waals surface area (Å²) < 4.78 is 79.6. The fraction of sp³-hybridized carbons (Fsp3) is 0.269. The summed E-state index contributed by atoms with van der Waals surface area (Å²) in [4.78, 5) is 25.0. The molecule has 3 atom stereocenters. The summed E-state index contributed by atoms with van der Waals surface area (Å²) in [5, 5.41) is -0.242. The standard InChI is InChI=1S/C26H22ClF3N6OS/c1-4-18(37)35-10-12-9-34(3)17-7-32-22-13(24(17)36(12)8-11(35)2)5-14(27)19(21(22)30)20-15(28)6-16(29)25-23(20)33-26(31)38-25/h4-7,11-12H,1,8-10H2,2-3H3,(H2,31,33)/t11-,12-/m1/s1/i3D3,8D/t8?,11-,12-. The molecule has 4 heterocycles. The lowest BCUT2D eigenvalue weighted by molar-refractivity contribution is -0.128. The zero-order valence-electron chi connectivity index (χ0n) is 23.8. The van der Waals surface area contributed by atoms with Gasteiger partial charge in [0.05, 0.1) is 40.2 Å². The van der Waals surface area contributed by atoms with E-state index in [1.807, 2.05) is 0 Å². The smallest absolute Gasteiger partial charge is 0.246 e. The summed E-state index contributed by atoms with van der Waals surface area (Å²) in [6.45, 7) is 1.50. The molecule has 2 aliphatic heterocycles. The zero-order valence-corrected chi connectivity index (χ0v) is 21.4. The average molecular weight is 563 g/mol. The molecule has 0 aliphatic carbocycles. The second-order valence-corrected chi connectivity index (χ2v) is 10.6. The number of amides is 1. The highest BCUT2D eigenvalue weighted by Gasteiger charge is 2.39. The number of hydrogen-bond acceptors (Lipinski definition) is 7. The Morgan fingerprint density at radius 2 is 2.08 bits per heavy atom. The van der Waals surface area contributed by atoms with Crippen molar-refractivity contribution < 1.29 is 23.4 Å². The maximum atomic E-state index is 16.4. The molecule has 0 spiro atoms. The number of fused-ring (bicyclic) bond motifs is 6. The first-order chi connectivity index (χ1) is 19.7. The van der Waals surface area contributed by atoms with Gasteiger partial charge in [-0.15, -0.1) is 0 Å². The van der Waals surface area contributed by atoms with Crippen molar-refractivity contribution in [2.75, 3.05) is 42.1 Å². The van der Waals surface area contributed by atoms with E-state index in [0.29, 0.717) is 6.07 Å². The number of nitrogens with two attached hydrogens (primary N) is 1. The molecule has 2 aromatic carbocycles. The molecular weight excluding hydrogens is 537 g/mol. The van der Waals surface area contributed by atoms with Crippen LogP contribution in [0.1, 0.15) is 12.4 Å². The molecule has 1 unspecified atom stereocenters. The molecule has 7 nitrogen and oxygen atoms in total. The van der Waals surface area contributed by atoms with Crippen molar-refractivity contribution in [2.45, 2.75) is 19.0 Å². The largest absolute Gasteiger partial charge is 0.375 e. The fourth-order valence-electron chi connectivity index (χ4n) is 5.24. The number of carbonyl (C=O) groups is 1. The Morgan fingerprint density at radius 3 is 2.82 bits per heavy atom. The van der Waals surface area contributed by atoms with Crippen LogP contribution in [-0.4, -0.2) is 59.4 Å². The Kier molecular flexibility index (Phi) is 4.69. The van der Waals surface area contributed by atoms with Crippen LogP contribution < -0.4 is 15.5 Å². The van der Waals surface area contributed by atoms with Crippen molar-refractivity contribution in [3.63, 3.8) is 0 Å². The van der Waals surface area contributed by atoms with Crippen LogP contribution in [0.2, 0.25) is 5.02 Å². The SMILES string of the molecule is [2H]C1[C@@H](C)N(C(=O)C=C)C[C@H]2CN(C([2H])([2H])[2H])c3cnc4c(F)c(-c5c(F)cc(F)c6sc(N)nc56)c(Cl)cc4c3N12. The minimum atomic E-state index is -2.64. The number of piperazine rings is 1. The van der Waals surface area contributed by atoms with E-state index in [2.05, 4.69) is 16.5 Å². The van der Waals surface area contributed by atoms with Crippen LogP contribution in [0.3, 0.4) is 0 Å². The van der Waals surface area contributed by atoms with Crippen molar-refractivity contribution in [1.29, 1.82) is 0 Å². The molecule has 2 N–H and O–H groups in total. The molecule has 6 rings (SSSR count). The van der Waals surface area contributed by atoms with E-state index in [0.717, 1.165) is 22.3 Å². The minimum Gasteiger partial charge on any atom is -0.375 e. The highest BCUT2D eigenvalue weighted by atomic mass is 35.5. The van der Waals surface area contributed by atoms with Gasteiger partial charge in [-0.05, 0) is 19.1 Å². The Labute approximate surface area is 230 Å². The summed E-state index contributed by atoms with van der Waals surface area (Å²) in [6.07, 6.45) is 2.33. The normalized spacial score (nSPS) is 23.0. The monoisotopic (exact) mass is 562 g/mol. The fourth-order valence-corrected chi connectivity index (χ4v) is 6.28. The Balaban J connectivity index is 1.63. The number of nitrogen functional groups attached to an aromatic ring is 1. The molecule has 0 radical (unpaired) electrons. The van der Waals surface area contributed by atoms with Gasteiger partial charge >= 0.3 is 0 Å². The van der Waals surface area contributed by atoms with Gasteiger partial charge in [-0.3, -0.25) is 9.78 Å². The van der Waals surface area contributed by atoms with E-state index in [-0.39, 0.29) is 55.7 Å². The number of aromatic nitrogens is 2. The maximum Gasteiger partial charge on any atom is 0.246 e. The van der Waals surface area contributed by atoms with E-state index in [1.54, 1.807) is 11.8 Å². The van der Waals surface area contributed by atoms with E-state index in [1.165, 1.54) is 17.2 Å². The number of halogens is 4. The lowest BCUT2D eigenvalue weighted by atomic mass is 9.96. The van der Waals surface area contributed by atoms with E-state index >= 15 is 8.78 Å². The summed E-state index contributed by atoms with van der Waals surface area (Å²) >= 11 is 7.39. The number of carbonyl (C=O) groups excluding carboxylic acids is 1. The van der Waals surface area contributed by atoms with Crippen LogP contribution in [0.4, 0.5) is 29.7 Å². The summed E-state index contributed by atoms with van der Waals surface area (Å²) in [7, 11) is 0. The second kappa shape index (κ2) is 8.74. The van der Waals surface area contributed by atoms with Gasteiger partial charge in [-0.25, -0.2) is 18.2 Å². The first kappa shape index (κ1) is 20.4. The summed E-state index contributed by atoms with van der Waals surface area (Å²) in [6, 6.07) is 0.618. The van der Waals surface area contributed by atoms with Crippen LogP contribution >= 0.6 is 22.9 Å². The number of nitrogens with zero attached hydrogens (tertiary/aromatic N) is 5. The van der Waals surface area contributed by atoms with Crippen LogP contribution in [-0.2, 0) is 4.79 Å². The lowest BCUT2D eigenvalue weighted by Gasteiger charge is -2.51. The molecular formula is C26H22ClF3N6OS. The highest BCUT2D eigenvalue weighted by Crippen LogP contribution is 2.47. The topological polar surface area (TPSA) is 78.6 Å². The highest BCUT2D eigenvalue weighted by molar-refractivity contribution is 7.22. The Hall–Kier alpha value is -3.57. The summed E-state index contributed by atoms with van der Waals surface area (Å²) in [5.41, 5.74) is 4.78. The Morgan fingerprint density at radius 1 is 1.29 bits per heavy atom. The quantitative estimate of drug-likeness (QED) is 0.338. The molecule has 2 aliphatic rings. The average Bonchev–Trinajstić information content (AvgIpc) is 3.32. The molecule has 1 saturated heterocycles. The van der Waals surface area contributed by atoms with Crippen LogP contribution in [0, 0.1) is 17.5 Å². The van der Waals surface area contributed by atoms with Gasteiger partial charge in [-0.1, -0.05) is 29.5 Å². The number of thiazole rings is 1. The van der Waals surface area contributed by atoms with Gasteiger partial charge in [0.2, 0.25) is 5.91 Å². The first-order valence-electron chi connectivity index (χ1n) is 13.6. The first-order valence-corrected chi connectivity index (χ1v) is 12.7. The molecule has 0 bridgehead atoms. The number of likely N-dealkylation sites (N-methyl/N-ethyl adjacent to an activating group) is 1. The third-order valence-corrected chi connectivity index (χ3v) is 8.11. The number of benzene rings is 2. The number of anilines is 3. The maximum absolute atomic E-state index is 16.4. The van der Waals surface area contributed by atoms with E-state index < -0.39 is 60.1 Å². The van der Waals surface area contributed by atoms with Gasteiger partial charge in [0, 0.05) is 59.3 Å².